The van der Waals surface area contributed by atoms with Gasteiger partial charge in [-0.05, 0) is 42.0 Å². The first kappa shape index (κ1) is 11.6. The zero-order valence-electron chi connectivity index (χ0n) is 10.2. The minimum Gasteiger partial charge on any atom is -0.325 e. The first-order valence-electron chi connectivity index (χ1n) is 5.96. The molecule has 0 aromatic carbocycles. The summed E-state index contributed by atoms with van der Waals surface area (Å²) in [5.41, 5.74) is 8.36. The zero-order valence-corrected chi connectivity index (χ0v) is 10.2. The van der Waals surface area contributed by atoms with Crippen molar-refractivity contribution >= 4 is 0 Å². The summed E-state index contributed by atoms with van der Waals surface area (Å²) in [6, 6.07) is 4.12. The van der Waals surface area contributed by atoms with Crippen LogP contribution in [0, 0.1) is 11.3 Å². The van der Waals surface area contributed by atoms with Crippen molar-refractivity contribution in [2.24, 2.45) is 17.1 Å². The molecule has 1 aliphatic rings. The number of nitrogens with one attached hydrogen (secondary N) is 1. The Balaban J connectivity index is 1.77. The van der Waals surface area contributed by atoms with Crippen molar-refractivity contribution in [2.75, 3.05) is 6.54 Å². The van der Waals surface area contributed by atoms with E-state index in [9.17, 15) is 0 Å². The molecule has 1 unspecified atom stereocenters. The van der Waals surface area contributed by atoms with Gasteiger partial charge in [0.15, 0.2) is 0 Å². The van der Waals surface area contributed by atoms with E-state index in [0.717, 1.165) is 24.7 Å². The van der Waals surface area contributed by atoms with Gasteiger partial charge in [-0.15, -0.1) is 0 Å². The fourth-order valence-corrected chi connectivity index (χ4v) is 2.07. The quantitative estimate of drug-likeness (QED) is 0.792. The Morgan fingerprint density at radius 2 is 2.31 bits per heavy atom. The second kappa shape index (κ2) is 4.52. The lowest BCUT2D eigenvalue weighted by atomic mass is 10.1. The summed E-state index contributed by atoms with van der Waals surface area (Å²) in [6.07, 6.45) is 3.19. The van der Waals surface area contributed by atoms with Crippen LogP contribution in [0.5, 0.6) is 0 Å². The normalized spacial score (nSPS) is 22.1. The predicted octanol–water partition coefficient (Wildman–Crippen LogP) is 1.68. The van der Waals surface area contributed by atoms with E-state index in [1.54, 1.807) is 0 Å². The average molecular weight is 219 g/mol. The highest BCUT2D eigenvalue weighted by Gasteiger charge is 2.44. The Bertz CT molecular complexity index is 360. The van der Waals surface area contributed by atoms with Crippen molar-refractivity contribution in [1.82, 2.24) is 10.3 Å². The van der Waals surface area contributed by atoms with Crippen LogP contribution < -0.4 is 11.1 Å². The lowest BCUT2D eigenvalue weighted by Crippen LogP contribution is -2.18. The number of nitrogens with two attached hydrogens (primary N) is 1. The third-order valence-electron chi connectivity index (χ3n) is 3.53. The van der Waals surface area contributed by atoms with Crippen LogP contribution in [0.25, 0.3) is 0 Å². The molecule has 16 heavy (non-hydrogen) atoms. The van der Waals surface area contributed by atoms with Crippen molar-refractivity contribution in [3.05, 3.63) is 29.6 Å². The Kier molecular flexibility index (Phi) is 3.26. The molecule has 0 aliphatic heterocycles. The second-order valence-electron chi connectivity index (χ2n) is 5.38. The summed E-state index contributed by atoms with van der Waals surface area (Å²) < 4.78 is 0. The van der Waals surface area contributed by atoms with Gasteiger partial charge < -0.3 is 11.1 Å². The molecular formula is C13H21N3. The highest BCUT2D eigenvalue weighted by molar-refractivity contribution is 5.16. The fourth-order valence-electron chi connectivity index (χ4n) is 2.07. The first-order chi connectivity index (χ1) is 7.62. The summed E-state index contributed by atoms with van der Waals surface area (Å²) in [5, 5.41) is 3.50. The van der Waals surface area contributed by atoms with Gasteiger partial charge in [-0.2, -0.15) is 0 Å². The van der Waals surface area contributed by atoms with Crippen molar-refractivity contribution in [1.29, 1.82) is 0 Å². The molecule has 1 aliphatic carbocycles. The standard InChI is InChI=1S/C13H21N3/c1-13(2)6-11(13)9-15-8-10-3-4-16-12(5-10)7-14/h3-5,11,15H,6-9,14H2,1-2H3. The van der Waals surface area contributed by atoms with Crippen molar-refractivity contribution < 1.29 is 0 Å². The summed E-state index contributed by atoms with van der Waals surface area (Å²) in [5.74, 6) is 0.850. The van der Waals surface area contributed by atoms with Crippen molar-refractivity contribution in [3.63, 3.8) is 0 Å². The third-order valence-corrected chi connectivity index (χ3v) is 3.53. The van der Waals surface area contributed by atoms with Gasteiger partial charge >= 0.3 is 0 Å². The van der Waals surface area contributed by atoms with E-state index < -0.39 is 0 Å². The Morgan fingerprint density at radius 3 is 2.94 bits per heavy atom. The lowest BCUT2D eigenvalue weighted by Gasteiger charge is -2.07. The molecule has 2 rings (SSSR count). The lowest BCUT2D eigenvalue weighted by molar-refractivity contribution is 0.519. The van der Waals surface area contributed by atoms with Crippen LogP contribution in [-0.2, 0) is 13.1 Å². The van der Waals surface area contributed by atoms with Crippen molar-refractivity contribution in [3.8, 4) is 0 Å². The fraction of sp³-hybridized carbons (Fsp3) is 0.615. The third kappa shape index (κ3) is 2.80. The molecule has 0 saturated heterocycles. The number of hydrogen-bond donors (Lipinski definition) is 2. The molecule has 88 valence electrons. The first-order valence-corrected chi connectivity index (χ1v) is 5.96. The van der Waals surface area contributed by atoms with Crippen LogP contribution in [0.2, 0.25) is 0 Å². The molecule has 0 amide bonds. The van der Waals surface area contributed by atoms with E-state index in [1.165, 1.54) is 12.0 Å². The molecule has 3 nitrogen and oxygen atoms in total. The summed E-state index contributed by atoms with van der Waals surface area (Å²) in [7, 11) is 0. The maximum Gasteiger partial charge on any atom is 0.0542 e. The smallest absolute Gasteiger partial charge is 0.0542 e. The average Bonchev–Trinajstić information content (AvgIpc) is 2.87. The van der Waals surface area contributed by atoms with E-state index in [0.29, 0.717) is 12.0 Å². The van der Waals surface area contributed by atoms with E-state index in [-0.39, 0.29) is 0 Å². The Labute approximate surface area is 97.5 Å². The van der Waals surface area contributed by atoms with Gasteiger partial charge in [0.1, 0.15) is 0 Å². The van der Waals surface area contributed by atoms with Gasteiger partial charge in [-0.25, -0.2) is 0 Å². The molecule has 1 heterocycles. The summed E-state index contributed by atoms with van der Waals surface area (Å²) >= 11 is 0. The number of aromatic nitrogens is 1. The SMILES string of the molecule is CC1(C)CC1CNCc1ccnc(CN)c1. The van der Waals surface area contributed by atoms with E-state index in [1.807, 2.05) is 12.3 Å². The van der Waals surface area contributed by atoms with Gasteiger partial charge in [-0.3, -0.25) is 4.98 Å². The molecule has 3 N–H and O–H groups in total. The van der Waals surface area contributed by atoms with Gasteiger partial charge in [0, 0.05) is 19.3 Å². The molecular weight excluding hydrogens is 198 g/mol. The second-order valence-corrected chi connectivity index (χ2v) is 5.38. The Hall–Kier alpha value is -0.930. The van der Waals surface area contributed by atoms with E-state index in [2.05, 4.69) is 30.2 Å². The van der Waals surface area contributed by atoms with Crippen LogP contribution in [0.4, 0.5) is 0 Å². The summed E-state index contributed by atoms with van der Waals surface area (Å²) in [6.45, 7) is 7.22. The minimum atomic E-state index is 0.517. The molecule has 1 saturated carbocycles. The van der Waals surface area contributed by atoms with Crippen LogP contribution in [0.15, 0.2) is 18.3 Å². The molecule has 1 aromatic rings. The molecule has 3 heteroatoms. The maximum absolute atomic E-state index is 5.56. The number of rotatable bonds is 5. The largest absolute Gasteiger partial charge is 0.325 e. The Morgan fingerprint density at radius 1 is 1.56 bits per heavy atom. The highest BCUT2D eigenvalue weighted by atomic mass is 14.9. The topological polar surface area (TPSA) is 50.9 Å². The highest BCUT2D eigenvalue weighted by Crippen LogP contribution is 2.50. The van der Waals surface area contributed by atoms with E-state index >= 15 is 0 Å². The minimum absolute atomic E-state index is 0.517. The number of pyridine rings is 1. The number of nitrogens with zero attached hydrogens (tertiary/aromatic N) is 1. The number of hydrogen-bond acceptors (Lipinski definition) is 3. The van der Waals surface area contributed by atoms with Gasteiger partial charge in [-0.1, -0.05) is 13.8 Å². The molecule has 0 spiro atoms. The van der Waals surface area contributed by atoms with E-state index in [4.69, 9.17) is 5.73 Å². The zero-order chi connectivity index (χ0) is 11.6. The summed E-state index contributed by atoms with van der Waals surface area (Å²) in [4.78, 5) is 4.18. The molecule has 1 atom stereocenters. The predicted molar refractivity (Wildman–Crippen MR) is 65.7 cm³/mol. The van der Waals surface area contributed by atoms with Crippen LogP contribution in [0.3, 0.4) is 0 Å². The van der Waals surface area contributed by atoms with Gasteiger partial charge in [0.2, 0.25) is 0 Å². The van der Waals surface area contributed by atoms with Crippen LogP contribution in [0.1, 0.15) is 31.5 Å². The molecule has 1 fully saturated rings. The van der Waals surface area contributed by atoms with Gasteiger partial charge in [0.05, 0.1) is 5.69 Å². The van der Waals surface area contributed by atoms with Crippen LogP contribution in [-0.4, -0.2) is 11.5 Å². The van der Waals surface area contributed by atoms with Gasteiger partial charge in [0.25, 0.3) is 0 Å². The molecule has 0 bridgehead atoms. The molecule has 1 aromatic heterocycles. The maximum atomic E-state index is 5.56. The van der Waals surface area contributed by atoms with Crippen LogP contribution >= 0.6 is 0 Å². The molecule has 0 radical (unpaired) electrons. The monoisotopic (exact) mass is 219 g/mol. The van der Waals surface area contributed by atoms with Crippen molar-refractivity contribution in [2.45, 2.75) is 33.4 Å².